The number of amides is 1. The van der Waals surface area contributed by atoms with Gasteiger partial charge in [0, 0.05) is 11.6 Å². The molecule has 2 heterocycles. The first-order chi connectivity index (χ1) is 13.2. The van der Waals surface area contributed by atoms with Crippen molar-refractivity contribution in [2.75, 3.05) is 18.5 Å². The molecule has 0 bridgehead atoms. The van der Waals surface area contributed by atoms with Crippen LogP contribution in [0.15, 0.2) is 36.5 Å². The predicted octanol–water partition coefficient (Wildman–Crippen LogP) is 4.71. The van der Waals surface area contributed by atoms with Crippen molar-refractivity contribution in [1.29, 1.82) is 0 Å². The van der Waals surface area contributed by atoms with Crippen molar-refractivity contribution < 1.29 is 22.7 Å². The van der Waals surface area contributed by atoms with Crippen LogP contribution in [0.4, 0.5) is 24.5 Å². The molecule has 0 aliphatic carbocycles. The van der Waals surface area contributed by atoms with Crippen molar-refractivity contribution in [2.24, 2.45) is 5.92 Å². The van der Waals surface area contributed by atoms with E-state index in [9.17, 15) is 18.0 Å². The van der Waals surface area contributed by atoms with Crippen molar-refractivity contribution in [3.05, 3.63) is 52.8 Å². The Morgan fingerprint density at radius 2 is 2.11 bits per heavy atom. The summed E-state index contributed by atoms with van der Waals surface area (Å²) in [6, 6.07) is 6.45. The van der Waals surface area contributed by atoms with Crippen LogP contribution in [-0.4, -0.2) is 24.1 Å². The third-order valence-electron chi connectivity index (χ3n) is 4.46. The second-order valence-electron chi connectivity index (χ2n) is 6.58. The number of carbonyl (C=O) groups excluding carboxylic acids is 1. The zero-order valence-corrected chi connectivity index (χ0v) is 15.8. The standard InChI is InChI=1S/C19H19ClF3N3O2/c1-11(25-18(27)12-6-7-28-10-12)16-5-3-14(9-24-16)26-17-4-2-13(20)8-15(17)19(21,22)23/h2-5,8-9,11-12,26H,6-7,10H2,1H3,(H,25,27). The van der Waals surface area contributed by atoms with Gasteiger partial charge in [0.05, 0.1) is 47.4 Å². The molecule has 1 fully saturated rings. The Balaban J connectivity index is 1.69. The molecule has 1 saturated heterocycles. The molecule has 2 atom stereocenters. The van der Waals surface area contributed by atoms with Gasteiger partial charge >= 0.3 is 6.18 Å². The SMILES string of the molecule is CC(NC(=O)C1CCOC1)c1ccc(Nc2ccc(Cl)cc2C(F)(F)F)cn1. The number of hydrogen-bond acceptors (Lipinski definition) is 4. The van der Waals surface area contributed by atoms with Crippen LogP contribution in [0.2, 0.25) is 5.02 Å². The highest BCUT2D eigenvalue weighted by atomic mass is 35.5. The Bertz CT molecular complexity index is 837. The van der Waals surface area contributed by atoms with Gasteiger partial charge in [-0.1, -0.05) is 11.6 Å². The van der Waals surface area contributed by atoms with Gasteiger partial charge in [-0.15, -0.1) is 0 Å². The summed E-state index contributed by atoms with van der Waals surface area (Å²) in [5.74, 6) is -0.251. The number of anilines is 2. The van der Waals surface area contributed by atoms with Crippen molar-refractivity contribution in [1.82, 2.24) is 10.3 Å². The highest BCUT2D eigenvalue weighted by Crippen LogP contribution is 2.37. The Morgan fingerprint density at radius 1 is 1.32 bits per heavy atom. The predicted molar refractivity (Wildman–Crippen MR) is 99.5 cm³/mol. The van der Waals surface area contributed by atoms with E-state index in [-0.39, 0.29) is 28.6 Å². The average molecular weight is 414 g/mol. The summed E-state index contributed by atoms with van der Waals surface area (Å²) in [5, 5.41) is 5.59. The molecule has 1 amide bonds. The van der Waals surface area contributed by atoms with Crippen LogP contribution in [0.25, 0.3) is 0 Å². The number of ether oxygens (including phenoxy) is 1. The fraction of sp³-hybridized carbons (Fsp3) is 0.368. The summed E-state index contributed by atoms with van der Waals surface area (Å²) in [6.07, 6.45) is -2.42. The number of pyridine rings is 1. The van der Waals surface area contributed by atoms with Crippen molar-refractivity contribution in [2.45, 2.75) is 25.6 Å². The smallest absolute Gasteiger partial charge is 0.381 e. The molecule has 5 nitrogen and oxygen atoms in total. The van der Waals surface area contributed by atoms with Crippen molar-refractivity contribution in [3.63, 3.8) is 0 Å². The normalized spacial score (nSPS) is 18.0. The Hall–Kier alpha value is -2.32. The summed E-state index contributed by atoms with van der Waals surface area (Å²) in [4.78, 5) is 16.4. The summed E-state index contributed by atoms with van der Waals surface area (Å²) >= 11 is 5.69. The maximum atomic E-state index is 13.2. The van der Waals surface area contributed by atoms with E-state index in [1.165, 1.54) is 18.3 Å². The fourth-order valence-corrected chi connectivity index (χ4v) is 3.07. The topological polar surface area (TPSA) is 63.2 Å². The molecule has 0 spiro atoms. The number of halogens is 4. The number of nitrogens with zero attached hydrogens (tertiary/aromatic N) is 1. The zero-order chi connectivity index (χ0) is 20.3. The molecule has 0 saturated carbocycles. The van der Waals surface area contributed by atoms with E-state index in [1.807, 2.05) is 0 Å². The number of hydrogen-bond donors (Lipinski definition) is 2. The molecule has 1 aromatic heterocycles. The van der Waals surface area contributed by atoms with Gasteiger partial charge in [0.25, 0.3) is 0 Å². The summed E-state index contributed by atoms with van der Waals surface area (Å²) < 4.78 is 44.8. The highest BCUT2D eigenvalue weighted by Gasteiger charge is 2.34. The Kier molecular flexibility index (Phi) is 6.10. The van der Waals surface area contributed by atoms with Gasteiger partial charge in [-0.3, -0.25) is 9.78 Å². The maximum Gasteiger partial charge on any atom is 0.418 e. The summed E-state index contributed by atoms with van der Waals surface area (Å²) in [6.45, 7) is 2.79. The second-order valence-corrected chi connectivity index (χ2v) is 7.01. The zero-order valence-electron chi connectivity index (χ0n) is 15.0. The van der Waals surface area contributed by atoms with Crippen LogP contribution in [-0.2, 0) is 15.7 Å². The third-order valence-corrected chi connectivity index (χ3v) is 4.69. The number of alkyl halides is 3. The molecular weight excluding hydrogens is 395 g/mol. The van der Waals surface area contributed by atoms with Crippen LogP contribution < -0.4 is 10.6 Å². The van der Waals surface area contributed by atoms with Crippen LogP contribution in [0.5, 0.6) is 0 Å². The molecule has 9 heteroatoms. The van der Waals surface area contributed by atoms with Gasteiger partial charge in [0.2, 0.25) is 5.91 Å². The lowest BCUT2D eigenvalue weighted by atomic mass is 10.1. The molecule has 2 aromatic rings. The Morgan fingerprint density at radius 3 is 2.71 bits per heavy atom. The number of aromatic nitrogens is 1. The average Bonchev–Trinajstić information content (AvgIpc) is 3.18. The van der Waals surface area contributed by atoms with E-state index in [0.717, 1.165) is 6.07 Å². The highest BCUT2D eigenvalue weighted by molar-refractivity contribution is 6.30. The number of benzene rings is 1. The van der Waals surface area contributed by atoms with Gasteiger partial charge in [0.1, 0.15) is 0 Å². The molecule has 1 aliphatic rings. The van der Waals surface area contributed by atoms with Crippen LogP contribution in [0.3, 0.4) is 0 Å². The Labute approximate surface area is 165 Å². The van der Waals surface area contributed by atoms with Gasteiger partial charge in [-0.05, 0) is 43.7 Å². The van der Waals surface area contributed by atoms with E-state index >= 15 is 0 Å². The number of nitrogens with one attached hydrogen (secondary N) is 2. The van der Waals surface area contributed by atoms with Crippen LogP contribution >= 0.6 is 11.6 Å². The maximum absolute atomic E-state index is 13.2. The van der Waals surface area contributed by atoms with Crippen molar-refractivity contribution in [3.8, 4) is 0 Å². The van der Waals surface area contributed by atoms with Gasteiger partial charge in [-0.2, -0.15) is 13.2 Å². The van der Waals surface area contributed by atoms with E-state index in [2.05, 4.69) is 15.6 Å². The number of carbonyl (C=O) groups is 1. The third kappa shape index (κ3) is 4.94. The van der Waals surface area contributed by atoms with E-state index in [4.69, 9.17) is 16.3 Å². The molecule has 150 valence electrons. The quantitative estimate of drug-likeness (QED) is 0.745. The molecule has 1 aliphatic heterocycles. The molecular formula is C19H19ClF3N3O2. The van der Waals surface area contributed by atoms with Gasteiger partial charge in [0.15, 0.2) is 0 Å². The van der Waals surface area contributed by atoms with E-state index in [1.54, 1.807) is 19.1 Å². The molecule has 3 rings (SSSR count). The van der Waals surface area contributed by atoms with Crippen molar-refractivity contribution >= 4 is 28.9 Å². The van der Waals surface area contributed by atoms with Crippen LogP contribution in [0, 0.1) is 5.92 Å². The lowest BCUT2D eigenvalue weighted by molar-refractivity contribution is -0.137. The lowest BCUT2D eigenvalue weighted by Gasteiger charge is -2.17. The van der Waals surface area contributed by atoms with E-state index in [0.29, 0.717) is 31.0 Å². The number of rotatable bonds is 5. The second kappa shape index (κ2) is 8.36. The molecule has 2 unspecified atom stereocenters. The minimum atomic E-state index is -4.54. The molecule has 2 N–H and O–H groups in total. The lowest BCUT2D eigenvalue weighted by Crippen LogP contribution is -2.33. The summed E-state index contributed by atoms with van der Waals surface area (Å²) in [7, 11) is 0. The van der Waals surface area contributed by atoms with Gasteiger partial charge in [-0.25, -0.2) is 0 Å². The fourth-order valence-electron chi connectivity index (χ4n) is 2.90. The first kappa shape index (κ1) is 20.4. The minimum Gasteiger partial charge on any atom is -0.381 e. The molecule has 1 aromatic carbocycles. The molecule has 28 heavy (non-hydrogen) atoms. The first-order valence-electron chi connectivity index (χ1n) is 8.72. The monoisotopic (exact) mass is 413 g/mol. The van der Waals surface area contributed by atoms with Crippen LogP contribution in [0.1, 0.15) is 30.6 Å². The van der Waals surface area contributed by atoms with E-state index < -0.39 is 11.7 Å². The summed E-state index contributed by atoms with van der Waals surface area (Å²) in [5.41, 5.74) is 0.0155. The molecule has 0 radical (unpaired) electrons. The van der Waals surface area contributed by atoms with Gasteiger partial charge < -0.3 is 15.4 Å². The minimum absolute atomic E-state index is 0.00331. The largest absolute Gasteiger partial charge is 0.418 e. The first-order valence-corrected chi connectivity index (χ1v) is 9.09.